The van der Waals surface area contributed by atoms with Gasteiger partial charge in [-0.15, -0.1) is 11.3 Å². The molecule has 4 rings (SSSR count). The van der Waals surface area contributed by atoms with Gasteiger partial charge >= 0.3 is 0 Å². The summed E-state index contributed by atoms with van der Waals surface area (Å²) in [6, 6.07) is 13.0. The van der Waals surface area contributed by atoms with E-state index in [-0.39, 0.29) is 36.7 Å². The van der Waals surface area contributed by atoms with Gasteiger partial charge in [0.2, 0.25) is 17.7 Å². The lowest BCUT2D eigenvalue weighted by Crippen LogP contribution is -2.57. The lowest BCUT2D eigenvalue weighted by atomic mass is 9.85. The number of likely N-dealkylation sites (tertiary alicyclic amines) is 1. The van der Waals surface area contributed by atoms with Crippen molar-refractivity contribution in [3.63, 3.8) is 0 Å². The molecule has 0 aliphatic carbocycles. The van der Waals surface area contributed by atoms with Crippen LogP contribution in [-0.4, -0.2) is 70.3 Å². The van der Waals surface area contributed by atoms with Crippen molar-refractivity contribution >= 4 is 35.3 Å². The summed E-state index contributed by atoms with van der Waals surface area (Å²) in [5.74, 6) is -0.170. The molecule has 0 saturated carbocycles. The first-order chi connectivity index (χ1) is 23.4. The number of thiazole rings is 1. The summed E-state index contributed by atoms with van der Waals surface area (Å²) in [6.45, 7) is 10.1. The quantitative estimate of drug-likeness (QED) is 0.123. The van der Waals surface area contributed by atoms with Gasteiger partial charge in [0.25, 0.3) is 0 Å². The first-order valence-corrected chi connectivity index (χ1v) is 18.0. The molecule has 0 spiro atoms. The summed E-state index contributed by atoms with van der Waals surface area (Å²) < 4.78 is 5.72. The minimum absolute atomic E-state index is 0.0322. The highest BCUT2D eigenvalue weighted by atomic mass is 32.1. The van der Waals surface area contributed by atoms with Crippen LogP contribution < -0.4 is 15.4 Å². The molecule has 1 aliphatic rings. The molecule has 1 aliphatic heterocycles. The molecule has 49 heavy (non-hydrogen) atoms. The molecule has 4 atom stereocenters. The van der Waals surface area contributed by atoms with E-state index in [0.717, 1.165) is 59.4 Å². The molecule has 3 aromatic rings. The lowest BCUT2D eigenvalue weighted by Gasteiger charge is -2.35. The lowest BCUT2D eigenvalue weighted by molar-refractivity contribution is -0.144. The number of aryl methyl sites for hydroxylation is 1. The Labute approximate surface area is 293 Å². The van der Waals surface area contributed by atoms with Crippen LogP contribution in [0, 0.1) is 12.3 Å². The van der Waals surface area contributed by atoms with E-state index in [4.69, 9.17) is 4.74 Å². The predicted molar refractivity (Wildman–Crippen MR) is 191 cm³/mol. The molecule has 1 saturated heterocycles. The molecule has 2 heterocycles. The number of carbonyl (C=O) groups is 4. The molecule has 0 radical (unpaired) electrons. The van der Waals surface area contributed by atoms with Crippen LogP contribution in [0.15, 0.2) is 54.0 Å². The van der Waals surface area contributed by atoms with Gasteiger partial charge in [-0.2, -0.15) is 0 Å². The SMILES string of the molecule is Cc1ncsc1-c1ccc(C(C)NC(=O)C2CC(O)CN2C(=O)C(NC(=O)CCCCCCCOc2ccc(C=O)cc2)C(C)(C)C)cc1. The van der Waals surface area contributed by atoms with Crippen molar-refractivity contribution in [2.45, 2.75) is 104 Å². The molecule has 2 aromatic carbocycles. The minimum atomic E-state index is -0.849. The van der Waals surface area contributed by atoms with Gasteiger partial charge in [0.15, 0.2) is 0 Å². The Morgan fingerprint density at radius 2 is 1.69 bits per heavy atom. The Morgan fingerprint density at radius 3 is 2.33 bits per heavy atom. The molecule has 10 nitrogen and oxygen atoms in total. The Balaban J connectivity index is 1.24. The first-order valence-electron chi connectivity index (χ1n) is 17.1. The Bertz CT molecular complexity index is 1550. The van der Waals surface area contributed by atoms with Crippen molar-refractivity contribution < 1.29 is 29.0 Å². The Morgan fingerprint density at radius 1 is 1.02 bits per heavy atom. The number of nitrogens with one attached hydrogen (secondary N) is 2. The molecule has 264 valence electrons. The van der Waals surface area contributed by atoms with Crippen LogP contribution in [0.25, 0.3) is 10.4 Å². The van der Waals surface area contributed by atoms with Crippen molar-refractivity contribution in [2.75, 3.05) is 13.2 Å². The third kappa shape index (κ3) is 10.7. The molecule has 3 amide bonds. The third-order valence-electron chi connectivity index (χ3n) is 8.89. The van der Waals surface area contributed by atoms with Gasteiger partial charge < -0.3 is 25.4 Å². The van der Waals surface area contributed by atoms with Gasteiger partial charge in [0.05, 0.1) is 34.8 Å². The first kappa shape index (κ1) is 37.7. The van der Waals surface area contributed by atoms with Gasteiger partial charge in [-0.05, 0) is 67.5 Å². The van der Waals surface area contributed by atoms with Gasteiger partial charge in [-0.1, -0.05) is 64.3 Å². The van der Waals surface area contributed by atoms with Crippen molar-refractivity contribution in [3.05, 3.63) is 70.9 Å². The smallest absolute Gasteiger partial charge is 0.246 e. The number of unbranched alkanes of at least 4 members (excludes halogenated alkanes) is 4. The van der Waals surface area contributed by atoms with Gasteiger partial charge in [-0.3, -0.25) is 19.2 Å². The largest absolute Gasteiger partial charge is 0.494 e. The fourth-order valence-electron chi connectivity index (χ4n) is 6.00. The average molecular weight is 691 g/mol. The summed E-state index contributed by atoms with van der Waals surface area (Å²) in [7, 11) is 0. The highest BCUT2D eigenvalue weighted by Crippen LogP contribution is 2.29. The number of hydrogen-bond acceptors (Lipinski definition) is 8. The number of benzene rings is 2. The Hall–Kier alpha value is -4.09. The maximum Gasteiger partial charge on any atom is 0.246 e. The molecule has 1 aromatic heterocycles. The van der Waals surface area contributed by atoms with Gasteiger partial charge in [0, 0.05) is 24.9 Å². The van der Waals surface area contributed by atoms with Crippen LogP contribution in [0.1, 0.15) is 100 Å². The maximum absolute atomic E-state index is 13.9. The number of amides is 3. The average Bonchev–Trinajstić information content (AvgIpc) is 3.69. The van der Waals surface area contributed by atoms with E-state index < -0.39 is 23.6 Å². The normalized spacial score (nSPS) is 17.3. The summed E-state index contributed by atoms with van der Waals surface area (Å²) in [5, 5.41) is 16.5. The van der Waals surface area contributed by atoms with E-state index in [2.05, 4.69) is 15.6 Å². The number of carbonyl (C=O) groups excluding carboxylic acids is 4. The number of aliphatic hydroxyl groups is 1. The Kier molecular flexibility index (Phi) is 13.5. The summed E-state index contributed by atoms with van der Waals surface area (Å²) in [6.07, 6.45) is 4.78. The number of aliphatic hydroxyl groups excluding tert-OH is 1. The summed E-state index contributed by atoms with van der Waals surface area (Å²) in [5.41, 5.74) is 4.79. The summed E-state index contributed by atoms with van der Waals surface area (Å²) >= 11 is 1.58. The van der Waals surface area contributed by atoms with E-state index in [1.807, 2.05) is 64.4 Å². The molecule has 4 unspecified atom stereocenters. The number of aldehydes is 1. The number of hydrogen-bond donors (Lipinski definition) is 3. The second kappa shape index (κ2) is 17.5. The van der Waals surface area contributed by atoms with Crippen molar-refractivity contribution in [1.29, 1.82) is 0 Å². The maximum atomic E-state index is 13.9. The minimum Gasteiger partial charge on any atom is -0.494 e. The van der Waals surface area contributed by atoms with E-state index in [9.17, 15) is 24.3 Å². The second-order valence-electron chi connectivity index (χ2n) is 13.9. The zero-order valence-corrected chi connectivity index (χ0v) is 30.1. The number of β-amino-alcohol motifs (C(OH)–C–C–N with tert-alkyl or cyclic N) is 1. The van der Waals surface area contributed by atoms with Crippen LogP contribution in [0.5, 0.6) is 5.75 Å². The second-order valence-corrected chi connectivity index (χ2v) is 14.8. The van der Waals surface area contributed by atoms with E-state index in [1.165, 1.54) is 4.90 Å². The van der Waals surface area contributed by atoms with Crippen molar-refractivity contribution in [1.82, 2.24) is 20.5 Å². The zero-order chi connectivity index (χ0) is 35.6. The molecule has 1 fully saturated rings. The zero-order valence-electron chi connectivity index (χ0n) is 29.2. The highest BCUT2D eigenvalue weighted by molar-refractivity contribution is 7.13. The molecule has 0 bridgehead atoms. The van der Waals surface area contributed by atoms with Gasteiger partial charge in [-0.25, -0.2) is 4.98 Å². The van der Waals surface area contributed by atoms with Gasteiger partial charge in [0.1, 0.15) is 24.1 Å². The molecular weight excluding hydrogens is 641 g/mol. The number of ether oxygens (including phenoxy) is 1. The fourth-order valence-corrected chi connectivity index (χ4v) is 6.81. The highest BCUT2D eigenvalue weighted by Gasteiger charge is 2.44. The third-order valence-corrected chi connectivity index (χ3v) is 9.87. The van der Waals surface area contributed by atoms with E-state index >= 15 is 0 Å². The standard InChI is InChI=1S/C38H50N4O6S/c1-25(28-14-16-29(17-15-28)34-26(2)39-24-49-34)40-36(46)32-21-30(44)22-42(32)37(47)35(38(3,4)5)41-33(45)11-9-7-6-8-10-20-48-31-18-12-27(23-43)13-19-31/h12-19,23-25,30,32,35,44H,6-11,20-22H2,1-5H3,(H,40,46)(H,41,45). The number of aromatic nitrogens is 1. The van der Waals surface area contributed by atoms with E-state index in [0.29, 0.717) is 25.0 Å². The predicted octanol–water partition coefficient (Wildman–Crippen LogP) is 6.02. The van der Waals surface area contributed by atoms with E-state index in [1.54, 1.807) is 35.6 Å². The topological polar surface area (TPSA) is 138 Å². The molecular formula is C38H50N4O6S. The number of rotatable bonds is 16. The fraction of sp³-hybridized carbons (Fsp3) is 0.500. The summed E-state index contributed by atoms with van der Waals surface area (Å²) in [4.78, 5) is 58.1. The van der Waals surface area contributed by atoms with Crippen molar-refractivity contribution in [3.8, 4) is 16.2 Å². The number of nitrogens with zero attached hydrogens (tertiary/aromatic N) is 2. The van der Waals surface area contributed by atoms with Crippen LogP contribution in [0.2, 0.25) is 0 Å². The van der Waals surface area contributed by atoms with Crippen LogP contribution >= 0.6 is 11.3 Å². The monoisotopic (exact) mass is 690 g/mol. The van der Waals surface area contributed by atoms with Crippen LogP contribution in [-0.2, 0) is 14.4 Å². The van der Waals surface area contributed by atoms with Crippen LogP contribution in [0.3, 0.4) is 0 Å². The van der Waals surface area contributed by atoms with Crippen molar-refractivity contribution in [2.24, 2.45) is 5.41 Å². The molecule has 3 N–H and O–H groups in total. The van der Waals surface area contributed by atoms with Crippen LogP contribution in [0.4, 0.5) is 0 Å². The molecule has 11 heteroatoms.